The average molecular weight is 424 g/mol. The van der Waals surface area contributed by atoms with Crippen LogP contribution in [0.3, 0.4) is 0 Å². The number of hydrogen-bond acceptors (Lipinski definition) is 5. The van der Waals surface area contributed by atoms with Gasteiger partial charge in [0.1, 0.15) is 5.39 Å². The maximum Gasteiger partial charge on any atom is 0.265 e. The topological polar surface area (TPSA) is 73.0 Å². The predicted molar refractivity (Wildman–Crippen MR) is 117 cm³/mol. The van der Waals surface area contributed by atoms with Crippen molar-refractivity contribution in [3.05, 3.63) is 46.4 Å². The van der Waals surface area contributed by atoms with Crippen LogP contribution < -0.4 is 5.56 Å². The predicted octanol–water partition coefficient (Wildman–Crippen LogP) is 3.33. The number of likely N-dealkylation sites (tertiary alicyclic amines) is 1. The lowest BCUT2D eigenvalue weighted by Gasteiger charge is -2.34. The Kier molecular flexibility index (Phi) is 4.89. The van der Waals surface area contributed by atoms with Gasteiger partial charge in [0.25, 0.3) is 5.56 Å². The number of aromatic nitrogens is 4. The van der Waals surface area contributed by atoms with E-state index in [1.807, 2.05) is 36.1 Å². The van der Waals surface area contributed by atoms with E-state index in [9.17, 15) is 9.59 Å². The molecule has 2 aromatic heterocycles. The van der Waals surface area contributed by atoms with Crippen LogP contribution in [0.5, 0.6) is 0 Å². The molecule has 4 heterocycles. The number of piperidine rings is 1. The fourth-order valence-corrected chi connectivity index (χ4v) is 5.68. The fraction of sp³-hybridized carbons (Fsp3) is 0.455. The van der Waals surface area contributed by atoms with Crippen LogP contribution in [0.1, 0.15) is 44.2 Å². The van der Waals surface area contributed by atoms with E-state index in [1.54, 1.807) is 27.2 Å². The summed E-state index contributed by atoms with van der Waals surface area (Å²) in [7, 11) is 0. The molecule has 0 bridgehead atoms. The zero-order valence-corrected chi connectivity index (χ0v) is 18.1. The van der Waals surface area contributed by atoms with Gasteiger partial charge in [0.15, 0.2) is 10.8 Å². The number of amides is 1. The first-order valence-electron chi connectivity index (χ1n) is 10.5. The van der Waals surface area contributed by atoms with Crippen molar-refractivity contribution in [1.82, 2.24) is 24.2 Å². The van der Waals surface area contributed by atoms with Gasteiger partial charge in [-0.2, -0.15) is 5.10 Å². The molecular weight excluding hydrogens is 398 g/mol. The average Bonchev–Trinajstić information content (AvgIpc) is 3.34. The second kappa shape index (κ2) is 7.58. The highest BCUT2D eigenvalue weighted by atomic mass is 32.2. The maximum absolute atomic E-state index is 13.3. The van der Waals surface area contributed by atoms with Gasteiger partial charge in [-0.15, -0.1) is 0 Å². The molecule has 2 aliphatic heterocycles. The molecule has 8 heteroatoms. The Morgan fingerprint density at radius 3 is 2.90 bits per heavy atom. The molecule has 1 aromatic carbocycles. The largest absolute Gasteiger partial charge is 0.340 e. The summed E-state index contributed by atoms with van der Waals surface area (Å²) < 4.78 is 3.45. The molecule has 0 saturated carbocycles. The molecule has 0 spiro atoms. The van der Waals surface area contributed by atoms with Crippen molar-refractivity contribution in [3.63, 3.8) is 0 Å². The number of carbonyl (C=O) groups excluding carboxylic acids is 1. The monoisotopic (exact) mass is 423 g/mol. The number of fused-ring (bicyclic) bond motifs is 2. The van der Waals surface area contributed by atoms with Crippen LogP contribution >= 0.6 is 11.8 Å². The Labute approximate surface area is 179 Å². The number of benzene rings is 1. The van der Waals surface area contributed by atoms with Crippen molar-refractivity contribution < 1.29 is 4.79 Å². The van der Waals surface area contributed by atoms with E-state index in [0.717, 1.165) is 30.6 Å². The molecule has 1 saturated heterocycles. The van der Waals surface area contributed by atoms with Gasteiger partial charge in [-0.05, 0) is 44.7 Å². The minimum Gasteiger partial charge on any atom is -0.340 e. The number of para-hydroxylation sites is 1. The number of carbonyl (C=O) groups is 1. The van der Waals surface area contributed by atoms with Gasteiger partial charge in [-0.3, -0.25) is 14.2 Å². The lowest BCUT2D eigenvalue weighted by Crippen LogP contribution is -2.43. The van der Waals surface area contributed by atoms with Crippen molar-refractivity contribution in [2.24, 2.45) is 0 Å². The molecule has 2 unspecified atom stereocenters. The minimum absolute atomic E-state index is 0.107. The fourth-order valence-electron chi connectivity index (χ4n) is 4.55. The van der Waals surface area contributed by atoms with E-state index in [4.69, 9.17) is 4.98 Å². The van der Waals surface area contributed by atoms with Crippen molar-refractivity contribution >= 4 is 28.7 Å². The van der Waals surface area contributed by atoms with Gasteiger partial charge >= 0.3 is 0 Å². The van der Waals surface area contributed by atoms with Crippen LogP contribution in [0.4, 0.5) is 0 Å². The summed E-state index contributed by atoms with van der Waals surface area (Å²) in [6, 6.07) is 8.05. The zero-order valence-electron chi connectivity index (χ0n) is 17.2. The van der Waals surface area contributed by atoms with E-state index in [0.29, 0.717) is 28.4 Å². The Bertz CT molecular complexity index is 1180. The van der Waals surface area contributed by atoms with Crippen molar-refractivity contribution in [3.8, 4) is 5.69 Å². The lowest BCUT2D eigenvalue weighted by molar-refractivity contribution is -0.135. The normalized spacial score (nSPS) is 21.2. The molecule has 5 rings (SSSR count). The summed E-state index contributed by atoms with van der Waals surface area (Å²) in [6.45, 7) is 4.95. The molecule has 0 N–H and O–H groups in total. The molecule has 156 valence electrons. The Hall–Kier alpha value is -2.61. The van der Waals surface area contributed by atoms with Crippen LogP contribution in [-0.2, 0) is 4.79 Å². The Morgan fingerprint density at radius 1 is 1.27 bits per heavy atom. The molecule has 0 aliphatic carbocycles. The van der Waals surface area contributed by atoms with Gasteiger partial charge in [0, 0.05) is 24.8 Å². The van der Waals surface area contributed by atoms with Crippen LogP contribution in [0, 0.1) is 6.92 Å². The maximum atomic E-state index is 13.3. The van der Waals surface area contributed by atoms with E-state index in [2.05, 4.69) is 12.0 Å². The molecule has 30 heavy (non-hydrogen) atoms. The minimum atomic E-state index is -0.155. The van der Waals surface area contributed by atoms with Gasteiger partial charge in [0.2, 0.25) is 5.91 Å². The summed E-state index contributed by atoms with van der Waals surface area (Å²) in [5.41, 5.74) is 2.45. The molecule has 0 radical (unpaired) electrons. The number of thioether (sulfide) groups is 1. The highest BCUT2D eigenvalue weighted by molar-refractivity contribution is 7.99. The van der Waals surface area contributed by atoms with Gasteiger partial charge in [-0.25, -0.2) is 9.67 Å². The summed E-state index contributed by atoms with van der Waals surface area (Å²) in [5, 5.41) is 5.62. The quantitative estimate of drug-likeness (QED) is 0.604. The first-order chi connectivity index (χ1) is 14.5. The van der Waals surface area contributed by atoms with Crippen LogP contribution in [-0.4, -0.2) is 48.5 Å². The van der Waals surface area contributed by atoms with Crippen molar-refractivity contribution in [1.29, 1.82) is 0 Å². The zero-order chi connectivity index (χ0) is 20.8. The molecule has 1 fully saturated rings. The Morgan fingerprint density at radius 2 is 2.10 bits per heavy atom. The van der Waals surface area contributed by atoms with E-state index in [1.165, 1.54) is 6.42 Å². The Balaban J connectivity index is 1.50. The van der Waals surface area contributed by atoms with Crippen molar-refractivity contribution in [2.45, 2.75) is 56.8 Å². The van der Waals surface area contributed by atoms with Crippen molar-refractivity contribution in [2.75, 3.05) is 12.3 Å². The third-order valence-corrected chi connectivity index (χ3v) is 7.35. The molecule has 1 amide bonds. The highest BCUT2D eigenvalue weighted by Crippen LogP contribution is 2.34. The smallest absolute Gasteiger partial charge is 0.265 e. The summed E-state index contributed by atoms with van der Waals surface area (Å²) >= 11 is 1.55. The standard InChI is InChI=1S/C22H25N5O2S/c1-14-7-3-4-9-18(14)27-20-17(12-23-27)21(29)26-16(13-30-22(26)24-20)11-19(28)25-10-6-5-8-15(25)2/h3-4,7,9,12,15-16H,5-6,8,10-11,13H2,1-2H3. The van der Waals surface area contributed by atoms with Gasteiger partial charge in [-0.1, -0.05) is 30.0 Å². The third-order valence-electron chi connectivity index (χ3n) is 6.25. The molecular formula is C22H25N5O2S. The molecule has 2 atom stereocenters. The van der Waals surface area contributed by atoms with E-state index < -0.39 is 0 Å². The van der Waals surface area contributed by atoms with Gasteiger partial charge < -0.3 is 4.90 Å². The summed E-state index contributed by atoms with van der Waals surface area (Å²) in [4.78, 5) is 33.0. The van der Waals surface area contributed by atoms with Gasteiger partial charge in [0.05, 0.1) is 17.9 Å². The molecule has 3 aromatic rings. The molecule has 7 nitrogen and oxygen atoms in total. The first-order valence-corrected chi connectivity index (χ1v) is 11.5. The second-order valence-electron chi connectivity index (χ2n) is 8.25. The second-order valence-corrected chi connectivity index (χ2v) is 9.24. The first kappa shape index (κ1) is 19.4. The molecule has 2 aliphatic rings. The van der Waals surface area contributed by atoms with E-state index in [-0.39, 0.29) is 23.6 Å². The number of hydrogen-bond donors (Lipinski definition) is 0. The highest BCUT2D eigenvalue weighted by Gasteiger charge is 2.32. The summed E-state index contributed by atoms with van der Waals surface area (Å²) in [5.74, 6) is 0.837. The summed E-state index contributed by atoms with van der Waals surface area (Å²) in [6.07, 6.45) is 5.25. The van der Waals surface area contributed by atoms with Crippen LogP contribution in [0.25, 0.3) is 16.7 Å². The van der Waals surface area contributed by atoms with Crippen LogP contribution in [0.2, 0.25) is 0 Å². The van der Waals surface area contributed by atoms with Crippen LogP contribution in [0.15, 0.2) is 40.4 Å². The van der Waals surface area contributed by atoms with E-state index >= 15 is 0 Å². The lowest BCUT2D eigenvalue weighted by atomic mass is 10.0. The number of nitrogens with zero attached hydrogens (tertiary/aromatic N) is 5. The third kappa shape index (κ3) is 3.14. The number of rotatable bonds is 3. The number of aryl methyl sites for hydroxylation is 1. The SMILES string of the molecule is Cc1ccccc1-n1ncc2c(=O)n3c(nc21)SCC3CC(=O)N1CCCCC1C.